The fraction of sp³-hybridized carbons (Fsp3) is 0.143. The van der Waals surface area contributed by atoms with Crippen LogP contribution in [0.1, 0.15) is 16.7 Å². The zero-order valence-electron chi connectivity index (χ0n) is 12.7. The van der Waals surface area contributed by atoms with Crippen LogP contribution in [0.5, 0.6) is 0 Å². The van der Waals surface area contributed by atoms with E-state index in [1.54, 1.807) is 0 Å². The van der Waals surface area contributed by atoms with Crippen LogP contribution in [0.3, 0.4) is 0 Å². The minimum Gasteiger partial charge on any atom is -0.329 e. The van der Waals surface area contributed by atoms with E-state index in [2.05, 4.69) is 91.0 Å². The molecule has 0 heterocycles. The maximum Gasteiger partial charge on any atom is 0.0365 e. The second-order valence-electron chi connectivity index (χ2n) is 5.68. The summed E-state index contributed by atoms with van der Waals surface area (Å²) in [6.07, 6.45) is 0.901. The average molecular weight is 287 g/mol. The maximum atomic E-state index is 6.32. The number of hydrogen-bond donors (Lipinski definition) is 1. The lowest BCUT2D eigenvalue weighted by atomic mass is 9.70. The molecule has 0 bridgehead atoms. The third kappa shape index (κ3) is 2.81. The van der Waals surface area contributed by atoms with Crippen LogP contribution in [0, 0.1) is 0 Å². The van der Waals surface area contributed by atoms with Crippen molar-refractivity contribution in [2.45, 2.75) is 11.8 Å². The van der Waals surface area contributed by atoms with Crippen LogP contribution in [-0.4, -0.2) is 6.54 Å². The molecule has 0 amide bonds. The quantitative estimate of drug-likeness (QED) is 0.748. The van der Waals surface area contributed by atoms with Crippen LogP contribution in [-0.2, 0) is 11.8 Å². The Morgan fingerprint density at radius 1 is 0.591 bits per heavy atom. The first-order valence-electron chi connectivity index (χ1n) is 7.70. The van der Waals surface area contributed by atoms with Crippen molar-refractivity contribution in [3.05, 3.63) is 108 Å². The van der Waals surface area contributed by atoms with Crippen LogP contribution in [0.25, 0.3) is 0 Å². The summed E-state index contributed by atoms with van der Waals surface area (Å²) >= 11 is 0. The molecule has 0 unspecified atom stereocenters. The molecular formula is C21H21N. The van der Waals surface area contributed by atoms with Crippen molar-refractivity contribution in [2.24, 2.45) is 5.73 Å². The van der Waals surface area contributed by atoms with Crippen molar-refractivity contribution in [3.63, 3.8) is 0 Å². The van der Waals surface area contributed by atoms with E-state index < -0.39 is 0 Å². The fourth-order valence-corrected chi connectivity index (χ4v) is 3.14. The standard InChI is InChI=1S/C21H21N/c22-17-21(19-12-6-2-7-13-19,20-14-8-3-9-15-20)16-18-10-4-1-5-11-18/h1-15H,16-17,22H2. The van der Waals surface area contributed by atoms with Gasteiger partial charge in [0.05, 0.1) is 0 Å². The normalized spacial score (nSPS) is 11.3. The predicted octanol–water partition coefficient (Wildman–Crippen LogP) is 4.17. The second-order valence-corrected chi connectivity index (χ2v) is 5.68. The zero-order chi connectivity index (χ0) is 15.3. The third-order valence-corrected chi connectivity index (χ3v) is 4.35. The SMILES string of the molecule is NCC(Cc1ccccc1)(c1ccccc1)c1ccccc1. The molecule has 3 aromatic rings. The lowest BCUT2D eigenvalue weighted by Gasteiger charge is -2.34. The first-order chi connectivity index (χ1) is 10.8. The summed E-state index contributed by atoms with van der Waals surface area (Å²) in [5.74, 6) is 0. The van der Waals surface area contributed by atoms with Gasteiger partial charge in [-0.1, -0.05) is 91.0 Å². The average Bonchev–Trinajstić information content (AvgIpc) is 2.62. The van der Waals surface area contributed by atoms with E-state index in [0.717, 1.165) is 6.42 Å². The van der Waals surface area contributed by atoms with Gasteiger partial charge in [0.2, 0.25) is 0 Å². The Morgan fingerprint density at radius 3 is 1.41 bits per heavy atom. The van der Waals surface area contributed by atoms with E-state index in [0.29, 0.717) is 6.54 Å². The minimum absolute atomic E-state index is 0.191. The van der Waals surface area contributed by atoms with E-state index in [9.17, 15) is 0 Å². The van der Waals surface area contributed by atoms with Gasteiger partial charge >= 0.3 is 0 Å². The summed E-state index contributed by atoms with van der Waals surface area (Å²) in [4.78, 5) is 0. The van der Waals surface area contributed by atoms with E-state index in [-0.39, 0.29) is 5.41 Å². The highest BCUT2D eigenvalue weighted by atomic mass is 14.6. The van der Waals surface area contributed by atoms with Gasteiger partial charge in [-0.25, -0.2) is 0 Å². The molecule has 0 aliphatic carbocycles. The highest BCUT2D eigenvalue weighted by molar-refractivity contribution is 5.42. The van der Waals surface area contributed by atoms with Gasteiger partial charge in [0.15, 0.2) is 0 Å². The number of rotatable bonds is 5. The lowest BCUT2D eigenvalue weighted by molar-refractivity contribution is 0.522. The molecule has 0 aliphatic heterocycles. The van der Waals surface area contributed by atoms with Crippen molar-refractivity contribution in [1.29, 1.82) is 0 Å². The smallest absolute Gasteiger partial charge is 0.0365 e. The third-order valence-electron chi connectivity index (χ3n) is 4.35. The van der Waals surface area contributed by atoms with E-state index in [4.69, 9.17) is 5.73 Å². The summed E-state index contributed by atoms with van der Waals surface area (Å²) in [5.41, 5.74) is 9.98. The van der Waals surface area contributed by atoms with Crippen molar-refractivity contribution in [1.82, 2.24) is 0 Å². The molecule has 0 saturated heterocycles. The predicted molar refractivity (Wildman–Crippen MR) is 92.9 cm³/mol. The summed E-state index contributed by atoms with van der Waals surface area (Å²) in [6, 6.07) is 31.8. The van der Waals surface area contributed by atoms with Crippen molar-refractivity contribution >= 4 is 0 Å². The van der Waals surface area contributed by atoms with E-state index >= 15 is 0 Å². The summed E-state index contributed by atoms with van der Waals surface area (Å²) < 4.78 is 0. The van der Waals surface area contributed by atoms with Crippen molar-refractivity contribution < 1.29 is 0 Å². The Hall–Kier alpha value is -2.38. The van der Waals surface area contributed by atoms with Gasteiger partial charge in [-0.05, 0) is 23.1 Å². The summed E-state index contributed by atoms with van der Waals surface area (Å²) in [7, 11) is 0. The molecule has 2 N–H and O–H groups in total. The molecule has 0 atom stereocenters. The van der Waals surface area contributed by atoms with Crippen molar-refractivity contribution in [2.75, 3.05) is 6.54 Å². The van der Waals surface area contributed by atoms with Crippen LogP contribution in [0.4, 0.5) is 0 Å². The molecule has 0 spiro atoms. The molecule has 0 radical (unpaired) electrons. The summed E-state index contributed by atoms with van der Waals surface area (Å²) in [6.45, 7) is 0.579. The Balaban J connectivity index is 2.13. The van der Waals surface area contributed by atoms with Gasteiger partial charge in [-0.2, -0.15) is 0 Å². The highest BCUT2D eigenvalue weighted by Gasteiger charge is 2.32. The molecule has 1 heteroatoms. The minimum atomic E-state index is -0.191. The fourth-order valence-electron chi connectivity index (χ4n) is 3.14. The zero-order valence-corrected chi connectivity index (χ0v) is 12.7. The Kier molecular flexibility index (Phi) is 4.36. The molecule has 0 fully saturated rings. The van der Waals surface area contributed by atoms with Crippen LogP contribution in [0.15, 0.2) is 91.0 Å². The first kappa shape index (κ1) is 14.6. The second kappa shape index (κ2) is 6.59. The molecule has 0 aliphatic rings. The van der Waals surface area contributed by atoms with Gasteiger partial charge in [0, 0.05) is 12.0 Å². The Labute approximate surface area is 132 Å². The van der Waals surface area contributed by atoms with Crippen LogP contribution in [0.2, 0.25) is 0 Å². The van der Waals surface area contributed by atoms with Gasteiger partial charge in [-0.15, -0.1) is 0 Å². The molecule has 3 aromatic carbocycles. The maximum absolute atomic E-state index is 6.32. The molecule has 110 valence electrons. The lowest BCUT2D eigenvalue weighted by Crippen LogP contribution is -2.38. The van der Waals surface area contributed by atoms with Gasteiger partial charge in [0.25, 0.3) is 0 Å². The molecule has 22 heavy (non-hydrogen) atoms. The highest BCUT2D eigenvalue weighted by Crippen LogP contribution is 2.34. The van der Waals surface area contributed by atoms with Crippen LogP contribution < -0.4 is 5.73 Å². The number of nitrogens with two attached hydrogens (primary N) is 1. The van der Waals surface area contributed by atoms with Gasteiger partial charge < -0.3 is 5.73 Å². The van der Waals surface area contributed by atoms with E-state index in [1.165, 1.54) is 16.7 Å². The van der Waals surface area contributed by atoms with Gasteiger partial charge in [0.1, 0.15) is 0 Å². The molecule has 0 saturated carbocycles. The monoisotopic (exact) mass is 287 g/mol. The van der Waals surface area contributed by atoms with Gasteiger partial charge in [-0.3, -0.25) is 0 Å². The molecule has 0 aromatic heterocycles. The van der Waals surface area contributed by atoms with E-state index in [1.807, 2.05) is 0 Å². The number of benzene rings is 3. The Morgan fingerprint density at radius 2 is 1.00 bits per heavy atom. The van der Waals surface area contributed by atoms with Crippen LogP contribution >= 0.6 is 0 Å². The first-order valence-corrected chi connectivity index (χ1v) is 7.70. The molecular weight excluding hydrogens is 266 g/mol. The topological polar surface area (TPSA) is 26.0 Å². The largest absolute Gasteiger partial charge is 0.329 e. The summed E-state index contributed by atoms with van der Waals surface area (Å²) in [5, 5.41) is 0. The molecule has 3 rings (SSSR count). The number of hydrogen-bond acceptors (Lipinski definition) is 1. The van der Waals surface area contributed by atoms with Crippen molar-refractivity contribution in [3.8, 4) is 0 Å². The molecule has 1 nitrogen and oxygen atoms in total. The Bertz CT molecular complexity index is 650.